The number of rotatable bonds is 5. The highest BCUT2D eigenvalue weighted by molar-refractivity contribution is 5.43. The molecule has 0 aliphatic carbocycles. The van der Waals surface area contributed by atoms with E-state index < -0.39 is 12.6 Å². The van der Waals surface area contributed by atoms with E-state index in [9.17, 15) is 13.2 Å². The molecule has 0 fully saturated rings. The summed E-state index contributed by atoms with van der Waals surface area (Å²) >= 11 is 0. The van der Waals surface area contributed by atoms with Gasteiger partial charge in [0, 0.05) is 13.0 Å². The largest absolute Gasteiger partial charge is 0.486 e. The summed E-state index contributed by atoms with van der Waals surface area (Å²) in [7, 11) is 0. The molecule has 0 unspecified atom stereocenters. The Morgan fingerprint density at radius 2 is 1.84 bits per heavy atom. The van der Waals surface area contributed by atoms with Crippen LogP contribution in [0.2, 0.25) is 0 Å². The lowest BCUT2D eigenvalue weighted by Crippen LogP contribution is -2.18. The lowest BCUT2D eigenvalue weighted by molar-refractivity contribution is -0.135. The Hall–Kier alpha value is -1.43. The number of alkyl halides is 3. The first-order valence-corrected chi connectivity index (χ1v) is 6.20. The summed E-state index contributed by atoms with van der Waals surface area (Å²) in [5, 5.41) is 2.98. The molecular weight excluding hydrogens is 259 g/mol. The van der Waals surface area contributed by atoms with E-state index in [1.807, 2.05) is 18.2 Å². The Morgan fingerprint density at radius 3 is 2.58 bits per heavy atom. The predicted octanol–water partition coefficient (Wildman–Crippen LogP) is 2.89. The van der Waals surface area contributed by atoms with Gasteiger partial charge in [0.25, 0.3) is 0 Å². The molecule has 0 radical (unpaired) electrons. The molecule has 0 bridgehead atoms. The van der Waals surface area contributed by atoms with Crippen molar-refractivity contribution in [3.63, 3.8) is 0 Å². The van der Waals surface area contributed by atoms with E-state index in [4.69, 9.17) is 9.47 Å². The molecule has 106 valence electrons. The number of halogens is 3. The van der Waals surface area contributed by atoms with Gasteiger partial charge >= 0.3 is 6.18 Å². The molecule has 1 aliphatic rings. The van der Waals surface area contributed by atoms with Gasteiger partial charge in [-0.05, 0) is 30.7 Å². The monoisotopic (exact) mass is 275 g/mol. The van der Waals surface area contributed by atoms with E-state index in [0.29, 0.717) is 37.8 Å². The van der Waals surface area contributed by atoms with Crippen LogP contribution in [-0.2, 0) is 6.54 Å². The van der Waals surface area contributed by atoms with E-state index in [1.165, 1.54) is 0 Å². The zero-order valence-corrected chi connectivity index (χ0v) is 10.4. The molecule has 19 heavy (non-hydrogen) atoms. The fourth-order valence-electron chi connectivity index (χ4n) is 1.84. The maximum Gasteiger partial charge on any atom is 0.389 e. The van der Waals surface area contributed by atoms with Crippen molar-refractivity contribution < 1.29 is 22.6 Å². The molecule has 0 aromatic heterocycles. The average molecular weight is 275 g/mol. The number of fused-ring (bicyclic) bond motifs is 1. The summed E-state index contributed by atoms with van der Waals surface area (Å²) in [5.74, 6) is 1.41. The van der Waals surface area contributed by atoms with Crippen LogP contribution in [0.4, 0.5) is 13.2 Å². The molecule has 3 nitrogen and oxygen atoms in total. The van der Waals surface area contributed by atoms with Gasteiger partial charge in [-0.1, -0.05) is 6.07 Å². The van der Waals surface area contributed by atoms with Gasteiger partial charge in [-0.15, -0.1) is 0 Å². The van der Waals surface area contributed by atoms with E-state index in [2.05, 4.69) is 5.32 Å². The standard InChI is InChI=1S/C13H16F3NO2/c14-13(15,16)4-1-5-17-9-10-2-3-11-12(8-10)19-7-6-18-11/h2-3,8,17H,1,4-7,9H2. The fraction of sp³-hybridized carbons (Fsp3) is 0.538. The van der Waals surface area contributed by atoms with E-state index >= 15 is 0 Å². The minimum atomic E-state index is -4.07. The molecule has 0 atom stereocenters. The molecule has 1 aliphatic heterocycles. The van der Waals surface area contributed by atoms with Crippen LogP contribution in [0.5, 0.6) is 11.5 Å². The minimum Gasteiger partial charge on any atom is -0.486 e. The number of benzene rings is 1. The summed E-state index contributed by atoms with van der Waals surface area (Å²) < 4.78 is 46.6. The number of nitrogens with one attached hydrogen (secondary N) is 1. The van der Waals surface area contributed by atoms with Crippen molar-refractivity contribution in [1.29, 1.82) is 0 Å². The molecule has 0 saturated carbocycles. The van der Waals surface area contributed by atoms with Crippen LogP contribution in [0, 0.1) is 0 Å². The zero-order valence-electron chi connectivity index (χ0n) is 10.4. The van der Waals surface area contributed by atoms with Gasteiger partial charge < -0.3 is 14.8 Å². The fourth-order valence-corrected chi connectivity index (χ4v) is 1.84. The van der Waals surface area contributed by atoms with Gasteiger partial charge in [-0.2, -0.15) is 13.2 Å². The molecule has 1 aromatic rings. The molecule has 2 rings (SSSR count). The number of hydrogen-bond acceptors (Lipinski definition) is 3. The van der Waals surface area contributed by atoms with Crippen LogP contribution in [0.15, 0.2) is 18.2 Å². The van der Waals surface area contributed by atoms with Crippen LogP contribution in [0.1, 0.15) is 18.4 Å². The van der Waals surface area contributed by atoms with Crippen LogP contribution < -0.4 is 14.8 Å². The van der Waals surface area contributed by atoms with Crippen LogP contribution in [0.25, 0.3) is 0 Å². The molecule has 0 amide bonds. The smallest absolute Gasteiger partial charge is 0.389 e. The lowest BCUT2D eigenvalue weighted by Gasteiger charge is -2.19. The van der Waals surface area contributed by atoms with E-state index in [-0.39, 0.29) is 6.42 Å². The van der Waals surface area contributed by atoms with Crippen molar-refractivity contribution in [2.45, 2.75) is 25.6 Å². The Labute approximate surface area is 109 Å². The average Bonchev–Trinajstić information content (AvgIpc) is 2.37. The second kappa shape index (κ2) is 6.14. The predicted molar refractivity (Wildman–Crippen MR) is 64.4 cm³/mol. The molecule has 1 heterocycles. The van der Waals surface area contributed by atoms with Crippen LogP contribution in [0.3, 0.4) is 0 Å². The quantitative estimate of drug-likeness (QED) is 0.838. The van der Waals surface area contributed by atoms with Gasteiger partial charge in [-0.25, -0.2) is 0 Å². The maximum atomic E-state index is 11.9. The third-order valence-corrected chi connectivity index (χ3v) is 2.75. The second-order valence-electron chi connectivity index (χ2n) is 4.37. The highest BCUT2D eigenvalue weighted by Crippen LogP contribution is 2.30. The van der Waals surface area contributed by atoms with Crippen molar-refractivity contribution in [2.75, 3.05) is 19.8 Å². The van der Waals surface area contributed by atoms with Crippen molar-refractivity contribution in [3.05, 3.63) is 23.8 Å². The molecule has 6 heteroatoms. The van der Waals surface area contributed by atoms with Crippen LogP contribution in [-0.4, -0.2) is 25.9 Å². The first kappa shape index (κ1) is 14.0. The summed E-state index contributed by atoms with van der Waals surface area (Å²) in [6, 6.07) is 5.55. The Morgan fingerprint density at radius 1 is 1.11 bits per heavy atom. The summed E-state index contributed by atoms with van der Waals surface area (Å²) in [6.07, 6.45) is -4.73. The Bertz CT molecular complexity index is 421. The molecular formula is C13H16F3NO2. The van der Waals surface area contributed by atoms with Gasteiger partial charge in [0.1, 0.15) is 13.2 Å². The van der Waals surface area contributed by atoms with E-state index in [0.717, 1.165) is 5.56 Å². The highest BCUT2D eigenvalue weighted by Gasteiger charge is 2.25. The van der Waals surface area contributed by atoms with Crippen molar-refractivity contribution in [1.82, 2.24) is 5.32 Å². The van der Waals surface area contributed by atoms with Crippen molar-refractivity contribution >= 4 is 0 Å². The molecule has 0 spiro atoms. The second-order valence-corrected chi connectivity index (χ2v) is 4.37. The van der Waals surface area contributed by atoms with Crippen molar-refractivity contribution in [3.8, 4) is 11.5 Å². The number of ether oxygens (including phenoxy) is 2. The third kappa shape index (κ3) is 4.63. The normalized spacial score (nSPS) is 14.5. The maximum absolute atomic E-state index is 11.9. The topological polar surface area (TPSA) is 30.5 Å². The van der Waals surface area contributed by atoms with E-state index in [1.54, 1.807) is 0 Å². The first-order valence-electron chi connectivity index (χ1n) is 6.20. The molecule has 1 N–H and O–H groups in total. The molecule has 0 saturated heterocycles. The Kier molecular flexibility index (Phi) is 4.52. The Balaban J connectivity index is 1.74. The lowest BCUT2D eigenvalue weighted by atomic mass is 10.2. The first-order chi connectivity index (χ1) is 9.04. The molecule has 1 aromatic carbocycles. The minimum absolute atomic E-state index is 0.0913. The number of hydrogen-bond donors (Lipinski definition) is 1. The third-order valence-electron chi connectivity index (χ3n) is 2.75. The summed E-state index contributed by atoms with van der Waals surface area (Å²) in [6.45, 7) is 1.93. The SMILES string of the molecule is FC(F)(F)CCCNCc1ccc2c(c1)OCCO2. The van der Waals surface area contributed by atoms with Gasteiger partial charge in [0.15, 0.2) is 11.5 Å². The van der Waals surface area contributed by atoms with Gasteiger partial charge in [0.05, 0.1) is 0 Å². The van der Waals surface area contributed by atoms with Gasteiger partial charge in [0.2, 0.25) is 0 Å². The van der Waals surface area contributed by atoms with Crippen molar-refractivity contribution in [2.24, 2.45) is 0 Å². The van der Waals surface area contributed by atoms with Crippen LogP contribution >= 0.6 is 0 Å². The highest BCUT2D eigenvalue weighted by atomic mass is 19.4. The summed E-state index contributed by atoms with van der Waals surface area (Å²) in [4.78, 5) is 0. The zero-order chi connectivity index (χ0) is 13.7. The summed E-state index contributed by atoms with van der Waals surface area (Å²) in [5.41, 5.74) is 0.969. The van der Waals surface area contributed by atoms with Gasteiger partial charge in [-0.3, -0.25) is 0 Å².